The Hall–Kier alpha value is -3.74. The Bertz CT molecular complexity index is 1650. The van der Waals surface area contributed by atoms with Gasteiger partial charge in [-0.25, -0.2) is 27.3 Å². The van der Waals surface area contributed by atoms with Crippen LogP contribution in [0.4, 0.5) is 11.5 Å². The van der Waals surface area contributed by atoms with Crippen molar-refractivity contribution in [1.82, 2.24) is 18.9 Å². The predicted molar refractivity (Wildman–Crippen MR) is 141 cm³/mol. The zero-order chi connectivity index (χ0) is 26.8. The van der Waals surface area contributed by atoms with Crippen molar-refractivity contribution in [3.05, 3.63) is 54.5 Å². The van der Waals surface area contributed by atoms with Gasteiger partial charge in [0.1, 0.15) is 17.9 Å². The number of aromatic nitrogens is 4. The van der Waals surface area contributed by atoms with E-state index in [1.165, 1.54) is 24.5 Å². The lowest BCUT2D eigenvalue weighted by Crippen LogP contribution is -2.56. The van der Waals surface area contributed by atoms with E-state index in [1.54, 1.807) is 38.1 Å². The second-order valence-corrected chi connectivity index (χ2v) is 11.9. The van der Waals surface area contributed by atoms with Gasteiger partial charge < -0.3 is 25.2 Å². The molecule has 0 radical (unpaired) electrons. The lowest BCUT2D eigenvalue weighted by atomic mass is 10.0. The largest absolute Gasteiger partial charge is 0.485 e. The van der Waals surface area contributed by atoms with Crippen molar-refractivity contribution in [3.8, 4) is 17.1 Å². The van der Waals surface area contributed by atoms with Crippen LogP contribution in [0.5, 0.6) is 5.75 Å². The molecule has 1 saturated heterocycles. The first-order chi connectivity index (χ1) is 18.1. The summed E-state index contributed by atoms with van der Waals surface area (Å²) in [7, 11) is -3.91. The minimum absolute atomic E-state index is 0.0145. The third kappa shape index (κ3) is 3.79. The minimum atomic E-state index is -3.91. The van der Waals surface area contributed by atoms with E-state index in [9.17, 15) is 13.5 Å². The van der Waals surface area contributed by atoms with Crippen LogP contribution in [-0.4, -0.2) is 64.4 Å². The van der Waals surface area contributed by atoms with Gasteiger partial charge in [-0.3, -0.25) is 0 Å². The number of hydrogen-bond acceptors (Lipinski definition) is 10. The molecular weight excluding hydrogens is 508 g/mol. The second kappa shape index (κ2) is 8.65. The number of nitrogens with zero attached hydrogens (tertiary/aromatic N) is 5. The molecule has 0 saturated carbocycles. The molecule has 5 heterocycles. The fraction of sp³-hybridized carbons (Fsp3) is 0.346. The fourth-order valence-corrected chi connectivity index (χ4v) is 6.41. The molecule has 0 spiro atoms. The molecule has 1 fully saturated rings. The average molecular weight is 537 g/mol. The Morgan fingerprint density at radius 3 is 2.61 bits per heavy atom. The fourth-order valence-electron chi connectivity index (χ4n) is 5.09. The van der Waals surface area contributed by atoms with Crippen molar-refractivity contribution < 1.29 is 23.0 Å². The number of nitrogen functional groups attached to an aromatic ring is 1. The standard InChI is InChI=1S/C26H28N6O5S/c1-15-12-36-13-16-14-37-21-22(26(2,3)33)29-23(30-25(21)32(15)16)20-18-9-10-31(24(18)28-11-19(20)27)38(34,35)17-7-5-4-6-8-17/h4-11,15-16,33H,12-14,27H2,1-3H3/t15-,16+/m1/s1. The SMILES string of the molecule is C[C@@H]1COC[C@H]2COc3c(nc(-c4c(N)cnc5c4ccn5S(=O)(=O)c4ccccc4)nc3C(C)(C)O)N21. The number of aliphatic hydroxyl groups is 1. The highest BCUT2D eigenvalue weighted by Crippen LogP contribution is 2.43. The number of benzene rings is 1. The smallest absolute Gasteiger partial charge is 0.269 e. The number of nitrogens with two attached hydrogens (primary N) is 1. The van der Waals surface area contributed by atoms with Crippen LogP contribution in [-0.2, 0) is 20.4 Å². The number of rotatable bonds is 4. The molecule has 0 amide bonds. The quantitative estimate of drug-likeness (QED) is 0.399. The molecule has 2 atom stereocenters. The van der Waals surface area contributed by atoms with Gasteiger partial charge >= 0.3 is 0 Å². The summed E-state index contributed by atoms with van der Waals surface area (Å²) < 4.78 is 39.7. The van der Waals surface area contributed by atoms with Gasteiger partial charge in [-0.2, -0.15) is 0 Å². The minimum Gasteiger partial charge on any atom is -0.485 e. The topological polar surface area (TPSA) is 146 Å². The first-order valence-corrected chi connectivity index (χ1v) is 13.7. The molecule has 0 aliphatic carbocycles. The van der Waals surface area contributed by atoms with Gasteiger partial charge in [0.05, 0.1) is 47.6 Å². The number of ether oxygens (including phenoxy) is 2. The predicted octanol–water partition coefficient (Wildman–Crippen LogP) is 2.53. The maximum absolute atomic E-state index is 13.4. The van der Waals surface area contributed by atoms with Crippen molar-refractivity contribution in [3.63, 3.8) is 0 Å². The molecule has 12 heteroatoms. The average Bonchev–Trinajstić information content (AvgIpc) is 3.33. The zero-order valence-electron chi connectivity index (χ0n) is 21.2. The number of morpholine rings is 1. The van der Waals surface area contributed by atoms with Gasteiger partial charge in [-0.05, 0) is 39.0 Å². The van der Waals surface area contributed by atoms with Gasteiger partial charge in [0.2, 0.25) is 0 Å². The van der Waals surface area contributed by atoms with E-state index < -0.39 is 15.6 Å². The van der Waals surface area contributed by atoms with E-state index in [0.29, 0.717) is 48.0 Å². The molecule has 2 aliphatic rings. The molecule has 0 bridgehead atoms. The zero-order valence-corrected chi connectivity index (χ0v) is 22.0. The van der Waals surface area contributed by atoms with Crippen LogP contribution < -0.4 is 15.4 Å². The van der Waals surface area contributed by atoms with Crippen LogP contribution in [0.15, 0.2) is 53.7 Å². The van der Waals surface area contributed by atoms with Crippen molar-refractivity contribution in [2.24, 2.45) is 0 Å². The summed E-state index contributed by atoms with van der Waals surface area (Å²) >= 11 is 0. The van der Waals surface area contributed by atoms with Crippen LogP contribution in [0.3, 0.4) is 0 Å². The summed E-state index contributed by atoms with van der Waals surface area (Å²) in [5, 5.41) is 11.5. The number of anilines is 2. The first kappa shape index (κ1) is 24.6. The Kier molecular flexibility index (Phi) is 5.60. The first-order valence-electron chi connectivity index (χ1n) is 12.3. The highest BCUT2D eigenvalue weighted by atomic mass is 32.2. The van der Waals surface area contributed by atoms with Crippen molar-refractivity contribution in [2.75, 3.05) is 30.5 Å². The van der Waals surface area contributed by atoms with Crippen LogP contribution in [0.1, 0.15) is 26.5 Å². The molecular formula is C26H28N6O5S. The van der Waals surface area contributed by atoms with Crippen LogP contribution >= 0.6 is 0 Å². The highest BCUT2D eigenvalue weighted by molar-refractivity contribution is 7.90. The maximum Gasteiger partial charge on any atom is 0.269 e. The van der Waals surface area contributed by atoms with E-state index >= 15 is 0 Å². The molecule has 198 valence electrons. The number of pyridine rings is 1. The van der Waals surface area contributed by atoms with Gasteiger partial charge in [0, 0.05) is 11.6 Å². The third-order valence-electron chi connectivity index (χ3n) is 6.86. The molecule has 11 nitrogen and oxygen atoms in total. The molecule has 38 heavy (non-hydrogen) atoms. The summed E-state index contributed by atoms with van der Waals surface area (Å²) in [4.78, 5) is 16.2. The summed E-state index contributed by atoms with van der Waals surface area (Å²) in [5.74, 6) is 1.20. The van der Waals surface area contributed by atoms with Crippen LogP contribution in [0.2, 0.25) is 0 Å². The van der Waals surface area contributed by atoms with Crippen LogP contribution in [0.25, 0.3) is 22.4 Å². The van der Waals surface area contributed by atoms with E-state index in [4.69, 9.17) is 25.2 Å². The summed E-state index contributed by atoms with van der Waals surface area (Å²) in [5.41, 5.74) is 6.27. The maximum atomic E-state index is 13.4. The second-order valence-electron chi connectivity index (χ2n) is 10.1. The molecule has 1 aromatic carbocycles. The summed E-state index contributed by atoms with van der Waals surface area (Å²) in [6.45, 7) is 6.70. The van der Waals surface area contributed by atoms with Gasteiger partial charge in [-0.15, -0.1) is 0 Å². The van der Waals surface area contributed by atoms with Crippen molar-refractivity contribution in [2.45, 2.75) is 43.4 Å². The van der Waals surface area contributed by atoms with Gasteiger partial charge in [0.25, 0.3) is 10.0 Å². The molecule has 3 aromatic heterocycles. The normalized spacial score (nSPS) is 19.6. The Morgan fingerprint density at radius 2 is 1.87 bits per heavy atom. The Morgan fingerprint density at radius 1 is 1.11 bits per heavy atom. The van der Waals surface area contributed by atoms with Crippen LogP contribution in [0, 0.1) is 0 Å². The van der Waals surface area contributed by atoms with Gasteiger partial charge in [-0.1, -0.05) is 18.2 Å². The highest BCUT2D eigenvalue weighted by Gasteiger charge is 2.40. The van der Waals surface area contributed by atoms with E-state index in [2.05, 4.69) is 9.88 Å². The van der Waals surface area contributed by atoms with Crippen molar-refractivity contribution in [1.29, 1.82) is 0 Å². The van der Waals surface area contributed by atoms with E-state index in [-0.39, 0.29) is 34.1 Å². The lowest BCUT2D eigenvalue weighted by molar-refractivity contribution is 0.0425. The number of hydrogen-bond donors (Lipinski definition) is 2. The molecule has 4 aromatic rings. The summed E-state index contributed by atoms with van der Waals surface area (Å²) in [6, 6.07) is 9.74. The molecule has 6 rings (SSSR count). The van der Waals surface area contributed by atoms with E-state index in [0.717, 1.165) is 3.97 Å². The molecule has 3 N–H and O–H groups in total. The monoisotopic (exact) mass is 536 g/mol. The van der Waals surface area contributed by atoms with E-state index in [1.807, 2.05) is 6.92 Å². The number of fused-ring (bicyclic) bond motifs is 4. The lowest BCUT2D eigenvalue weighted by Gasteiger charge is -2.45. The molecule has 0 unspecified atom stereocenters. The van der Waals surface area contributed by atoms with Crippen molar-refractivity contribution >= 4 is 32.6 Å². The molecule has 2 aliphatic heterocycles. The van der Waals surface area contributed by atoms with Gasteiger partial charge in [0.15, 0.2) is 23.0 Å². The Labute approximate surface area is 219 Å². The third-order valence-corrected chi connectivity index (χ3v) is 8.54. The Balaban J connectivity index is 1.59. The summed E-state index contributed by atoms with van der Waals surface area (Å²) in [6.07, 6.45) is 2.85.